The van der Waals surface area contributed by atoms with Crippen LogP contribution in [-0.4, -0.2) is 22.5 Å². The van der Waals surface area contributed by atoms with Crippen LogP contribution in [0.5, 0.6) is 0 Å². The SMILES string of the molecule is O=C(NCc1ccccc1)c1cccc(NC(=O)C2(O)CCCC2)c1. The van der Waals surface area contributed by atoms with Gasteiger partial charge in [0.2, 0.25) is 0 Å². The lowest BCUT2D eigenvalue weighted by Crippen LogP contribution is -2.40. The zero-order valence-corrected chi connectivity index (χ0v) is 14.0. The number of aliphatic hydroxyl groups is 1. The van der Waals surface area contributed by atoms with Crippen LogP contribution in [0.1, 0.15) is 41.6 Å². The molecule has 2 aromatic carbocycles. The summed E-state index contributed by atoms with van der Waals surface area (Å²) in [5.74, 6) is -0.605. The number of anilines is 1. The van der Waals surface area contributed by atoms with E-state index in [4.69, 9.17) is 0 Å². The zero-order valence-electron chi connectivity index (χ0n) is 14.0. The summed E-state index contributed by atoms with van der Waals surface area (Å²) >= 11 is 0. The Morgan fingerprint density at radius 2 is 1.72 bits per heavy atom. The van der Waals surface area contributed by atoms with E-state index in [-0.39, 0.29) is 5.91 Å². The summed E-state index contributed by atoms with van der Waals surface area (Å²) in [6.07, 6.45) is 2.67. The van der Waals surface area contributed by atoms with E-state index in [0.717, 1.165) is 18.4 Å². The first-order chi connectivity index (χ1) is 12.1. The predicted octanol–water partition coefficient (Wildman–Crippen LogP) is 2.86. The molecule has 1 fully saturated rings. The quantitative estimate of drug-likeness (QED) is 0.784. The number of carbonyl (C=O) groups is 2. The largest absolute Gasteiger partial charge is 0.380 e. The fourth-order valence-electron chi connectivity index (χ4n) is 3.05. The Bertz CT molecular complexity index is 753. The van der Waals surface area contributed by atoms with Crippen LogP contribution in [0.4, 0.5) is 5.69 Å². The molecular weight excluding hydrogens is 316 g/mol. The van der Waals surface area contributed by atoms with Crippen molar-refractivity contribution in [2.75, 3.05) is 5.32 Å². The molecule has 0 atom stereocenters. The number of carbonyl (C=O) groups excluding carboxylic acids is 2. The van der Waals surface area contributed by atoms with Crippen molar-refractivity contribution in [1.29, 1.82) is 0 Å². The molecule has 1 aliphatic carbocycles. The molecule has 0 saturated heterocycles. The molecular formula is C20H22N2O3. The van der Waals surface area contributed by atoms with Gasteiger partial charge < -0.3 is 15.7 Å². The molecule has 1 saturated carbocycles. The Balaban J connectivity index is 1.62. The Morgan fingerprint density at radius 3 is 2.44 bits per heavy atom. The van der Waals surface area contributed by atoms with E-state index >= 15 is 0 Å². The minimum atomic E-state index is -1.29. The second-order valence-corrected chi connectivity index (χ2v) is 6.44. The first kappa shape index (κ1) is 17.2. The molecule has 3 rings (SSSR count). The van der Waals surface area contributed by atoms with Crippen LogP contribution in [-0.2, 0) is 11.3 Å². The molecule has 130 valence electrons. The highest BCUT2D eigenvalue weighted by atomic mass is 16.3. The first-order valence-electron chi connectivity index (χ1n) is 8.53. The maximum Gasteiger partial charge on any atom is 0.256 e. The third kappa shape index (κ3) is 4.25. The van der Waals surface area contributed by atoms with Crippen molar-refractivity contribution in [3.05, 3.63) is 65.7 Å². The number of amides is 2. The Labute approximate surface area is 147 Å². The summed E-state index contributed by atoms with van der Waals surface area (Å²) in [5, 5.41) is 15.9. The van der Waals surface area contributed by atoms with Crippen LogP contribution >= 0.6 is 0 Å². The van der Waals surface area contributed by atoms with Crippen molar-refractivity contribution >= 4 is 17.5 Å². The molecule has 5 heteroatoms. The summed E-state index contributed by atoms with van der Waals surface area (Å²) in [5.41, 5.74) is 0.708. The number of hydrogen-bond acceptors (Lipinski definition) is 3. The number of hydrogen-bond donors (Lipinski definition) is 3. The molecule has 0 bridgehead atoms. The molecule has 0 radical (unpaired) electrons. The molecule has 0 heterocycles. The molecule has 3 N–H and O–H groups in total. The van der Waals surface area contributed by atoms with E-state index in [9.17, 15) is 14.7 Å². The lowest BCUT2D eigenvalue weighted by atomic mass is 10.0. The van der Waals surface area contributed by atoms with Crippen molar-refractivity contribution in [2.24, 2.45) is 0 Å². The molecule has 0 aliphatic heterocycles. The topological polar surface area (TPSA) is 78.4 Å². The highest BCUT2D eigenvalue weighted by Crippen LogP contribution is 2.30. The van der Waals surface area contributed by atoms with Crippen LogP contribution < -0.4 is 10.6 Å². The molecule has 2 amide bonds. The van der Waals surface area contributed by atoms with E-state index in [1.54, 1.807) is 24.3 Å². The van der Waals surface area contributed by atoms with Gasteiger partial charge in [-0.05, 0) is 49.4 Å². The third-order valence-corrected chi connectivity index (χ3v) is 4.53. The fourth-order valence-corrected chi connectivity index (χ4v) is 3.05. The smallest absolute Gasteiger partial charge is 0.256 e. The van der Waals surface area contributed by atoms with Crippen LogP contribution in [0.25, 0.3) is 0 Å². The van der Waals surface area contributed by atoms with Gasteiger partial charge in [-0.3, -0.25) is 9.59 Å². The van der Waals surface area contributed by atoms with Crippen molar-refractivity contribution < 1.29 is 14.7 Å². The summed E-state index contributed by atoms with van der Waals surface area (Å²) in [7, 11) is 0. The summed E-state index contributed by atoms with van der Waals surface area (Å²) < 4.78 is 0. The maximum atomic E-state index is 12.3. The van der Waals surface area contributed by atoms with Gasteiger partial charge in [0, 0.05) is 17.8 Å². The predicted molar refractivity (Wildman–Crippen MR) is 96.1 cm³/mol. The van der Waals surface area contributed by atoms with Gasteiger partial charge >= 0.3 is 0 Å². The average Bonchev–Trinajstić information content (AvgIpc) is 3.09. The van der Waals surface area contributed by atoms with Crippen molar-refractivity contribution in [2.45, 2.75) is 37.8 Å². The molecule has 0 unspecified atom stereocenters. The number of rotatable bonds is 5. The summed E-state index contributed by atoms with van der Waals surface area (Å²) in [6.45, 7) is 0.440. The number of benzene rings is 2. The van der Waals surface area contributed by atoms with Gasteiger partial charge in [-0.2, -0.15) is 0 Å². The lowest BCUT2D eigenvalue weighted by Gasteiger charge is -2.21. The van der Waals surface area contributed by atoms with E-state index in [1.807, 2.05) is 30.3 Å². The first-order valence-corrected chi connectivity index (χ1v) is 8.53. The maximum absolute atomic E-state index is 12.3. The molecule has 0 aromatic heterocycles. The molecule has 0 spiro atoms. The van der Waals surface area contributed by atoms with Gasteiger partial charge in [-0.1, -0.05) is 36.4 Å². The van der Waals surface area contributed by atoms with Gasteiger partial charge in [0.15, 0.2) is 0 Å². The second-order valence-electron chi connectivity index (χ2n) is 6.44. The second kappa shape index (κ2) is 7.49. The highest BCUT2D eigenvalue weighted by Gasteiger charge is 2.38. The van der Waals surface area contributed by atoms with Gasteiger partial charge in [-0.15, -0.1) is 0 Å². The van der Waals surface area contributed by atoms with Crippen LogP contribution in [0.15, 0.2) is 54.6 Å². The number of nitrogens with one attached hydrogen (secondary N) is 2. The van der Waals surface area contributed by atoms with Gasteiger partial charge in [-0.25, -0.2) is 0 Å². The van der Waals surface area contributed by atoms with Crippen molar-refractivity contribution in [3.63, 3.8) is 0 Å². The average molecular weight is 338 g/mol. The van der Waals surface area contributed by atoms with E-state index in [0.29, 0.717) is 30.6 Å². The Hall–Kier alpha value is -2.66. The van der Waals surface area contributed by atoms with Gasteiger partial charge in [0.05, 0.1) is 0 Å². The molecule has 5 nitrogen and oxygen atoms in total. The highest BCUT2D eigenvalue weighted by molar-refractivity contribution is 5.99. The van der Waals surface area contributed by atoms with E-state index < -0.39 is 11.5 Å². The monoisotopic (exact) mass is 338 g/mol. The fraction of sp³-hybridized carbons (Fsp3) is 0.300. The summed E-state index contributed by atoms with van der Waals surface area (Å²) in [6, 6.07) is 16.4. The Kier molecular flexibility index (Phi) is 5.14. The van der Waals surface area contributed by atoms with Crippen molar-refractivity contribution in [3.8, 4) is 0 Å². The molecule has 1 aliphatic rings. The molecule has 2 aromatic rings. The van der Waals surface area contributed by atoms with Crippen LogP contribution in [0.3, 0.4) is 0 Å². The Morgan fingerprint density at radius 1 is 1.00 bits per heavy atom. The normalized spacial score (nSPS) is 15.6. The van der Waals surface area contributed by atoms with Crippen molar-refractivity contribution in [1.82, 2.24) is 5.32 Å². The van der Waals surface area contributed by atoms with Gasteiger partial charge in [0.25, 0.3) is 11.8 Å². The third-order valence-electron chi connectivity index (χ3n) is 4.53. The van der Waals surface area contributed by atoms with E-state index in [1.165, 1.54) is 0 Å². The minimum absolute atomic E-state index is 0.209. The van der Waals surface area contributed by atoms with Crippen LogP contribution in [0.2, 0.25) is 0 Å². The minimum Gasteiger partial charge on any atom is -0.380 e. The summed E-state index contributed by atoms with van der Waals surface area (Å²) in [4.78, 5) is 24.6. The molecule has 25 heavy (non-hydrogen) atoms. The standard InChI is InChI=1S/C20H22N2O3/c23-18(21-14-15-7-2-1-3-8-15)16-9-6-10-17(13-16)22-19(24)20(25)11-4-5-12-20/h1-3,6-10,13,25H,4-5,11-12,14H2,(H,21,23)(H,22,24). The van der Waals surface area contributed by atoms with Crippen LogP contribution in [0, 0.1) is 0 Å². The van der Waals surface area contributed by atoms with Gasteiger partial charge in [0.1, 0.15) is 5.60 Å². The lowest BCUT2D eigenvalue weighted by molar-refractivity contribution is -0.133. The zero-order chi connectivity index (χ0) is 17.7. The van der Waals surface area contributed by atoms with E-state index in [2.05, 4.69) is 10.6 Å².